The Bertz CT molecular complexity index is 929. The Balaban J connectivity index is 1.58. The molecule has 3 rings (SSSR count). The van der Waals surface area contributed by atoms with Crippen molar-refractivity contribution in [3.8, 4) is 17.0 Å². The van der Waals surface area contributed by atoms with Crippen LogP contribution < -0.4 is 10.1 Å². The molecule has 1 amide bonds. The summed E-state index contributed by atoms with van der Waals surface area (Å²) in [5.41, 5.74) is 3.88. The van der Waals surface area contributed by atoms with Gasteiger partial charge >= 0.3 is 0 Å². The predicted octanol–water partition coefficient (Wildman–Crippen LogP) is 4.04. The average molecular weight is 409 g/mol. The maximum Gasteiger partial charge on any atom is 0.233 e. The van der Waals surface area contributed by atoms with Crippen molar-refractivity contribution in [2.75, 3.05) is 7.11 Å². The van der Waals surface area contributed by atoms with Crippen molar-refractivity contribution < 1.29 is 9.53 Å². The molecular formula is C22H24N4O2S. The summed E-state index contributed by atoms with van der Waals surface area (Å²) in [6, 6.07) is 15.7. The third kappa shape index (κ3) is 5.77. The van der Waals surface area contributed by atoms with Gasteiger partial charge in [0, 0.05) is 12.1 Å². The highest BCUT2D eigenvalue weighted by Gasteiger charge is 2.19. The maximum absolute atomic E-state index is 12.6. The Morgan fingerprint density at radius 1 is 1.10 bits per heavy atom. The first kappa shape index (κ1) is 20.8. The third-order valence-electron chi connectivity index (χ3n) is 4.42. The summed E-state index contributed by atoms with van der Waals surface area (Å²) in [6.45, 7) is 4.47. The molecule has 7 heteroatoms. The zero-order valence-corrected chi connectivity index (χ0v) is 17.6. The molecule has 0 aliphatic heterocycles. The first-order valence-corrected chi connectivity index (χ1v) is 10.3. The second-order valence-corrected chi connectivity index (χ2v) is 7.74. The Morgan fingerprint density at radius 3 is 2.41 bits per heavy atom. The summed E-state index contributed by atoms with van der Waals surface area (Å²) >= 11 is 1.33. The van der Waals surface area contributed by atoms with Crippen LogP contribution in [0.3, 0.4) is 0 Å². The van der Waals surface area contributed by atoms with Gasteiger partial charge in [-0.25, -0.2) is 4.98 Å². The van der Waals surface area contributed by atoms with Crippen LogP contribution in [0.2, 0.25) is 0 Å². The van der Waals surface area contributed by atoms with E-state index in [4.69, 9.17) is 4.74 Å². The number of hydrogen-bond acceptors (Lipinski definition) is 6. The topological polar surface area (TPSA) is 77.0 Å². The highest BCUT2D eigenvalue weighted by Crippen LogP contribution is 2.23. The standard InChI is InChI=1S/C22H24N4O2S/c1-4-20(21(27)23-13-16-7-11-18(28-3)12-8-16)29-22-24-14-19(25-26-22)17-9-5-15(2)6-10-17/h5-12,14,20H,4,13H2,1-3H3,(H,23,27). The molecule has 1 unspecified atom stereocenters. The molecule has 150 valence electrons. The fourth-order valence-corrected chi connectivity index (χ4v) is 3.48. The molecule has 0 aliphatic rings. The van der Waals surface area contributed by atoms with Gasteiger partial charge in [-0.05, 0) is 31.0 Å². The number of amides is 1. The van der Waals surface area contributed by atoms with Crippen LogP contribution in [0.5, 0.6) is 5.75 Å². The molecule has 1 aromatic heterocycles. The average Bonchev–Trinajstić information content (AvgIpc) is 2.77. The van der Waals surface area contributed by atoms with Crippen molar-refractivity contribution >= 4 is 17.7 Å². The van der Waals surface area contributed by atoms with Crippen LogP contribution in [0.4, 0.5) is 0 Å². The molecule has 3 aromatic rings. The smallest absolute Gasteiger partial charge is 0.233 e. The Kier molecular flexibility index (Phi) is 7.19. The summed E-state index contributed by atoms with van der Waals surface area (Å²) in [5.74, 6) is 0.750. The molecule has 0 spiro atoms. The van der Waals surface area contributed by atoms with Gasteiger partial charge in [-0.15, -0.1) is 10.2 Å². The van der Waals surface area contributed by atoms with E-state index in [0.717, 1.165) is 16.9 Å². The predicted molar refractivity (Wildman–Crippen MR) is 115 cm³/mol. The number of ether oxygens (including phenoxy) is 1. The van der Waals surface area contributed by atoms with Crippen molar-refractivity contribution in [2.24, 2.45) is 0 Å². The van der Waals surface area contributed by atoms with Crippen LogP contribution >= 0.6 is 11.8 Å². The van der Waals surface area contributed by atoms with Gasteiger partial charge in [0.25, 0.3) is 0 Å². The number of carbonyl (C=O) groups is 1. The van der Waals surface area contributed by atoms with Gasteiger partial charge in [-0.2, -0.15) is 0 Å². The summed E-state index contributed by atoms with van der Waals surface area (Å²) in [7, 11) is 1.63. The van der Waals surface area contributed by atoms with E-state index in [1.165, 1.54) is 17.3 Å². The molecular weight excluding hydrogens is 384 g/mol. The lowest BCUT2D eigenvalue weighted by Crippen LogP contribution is -2.32. The molecule has 6 nitrogen and oxygen atoms in total. The molecule has 1 atom stereocenters. The van der Waals surface area contributed by atoms with E-state index in [2.05, 4.69) is 20.5 Å². The number of thioether (sulfide) groups is 1. The minimum atomic E-state index is -0.278. The minimum absolute atomic E-state index is 0.0421. The second-order valence-electron chi connectivity index (χ2n) is 6.57. The van der Waals surface area contributed by atoms with Gasteiger partial charge in [0.05, 0.1) is 18.6 Å². The molecule has 1 heterocycles. The van der Waals surface area contributed by atoms with Crippen LogP contribution in [0.1, 0.15) is 24.5 Å². The van der Waals surface area contributed by atoms with E-state index < -0.39 is 0 Å². The summed E-state index contributed by atoms with van der Waals surface area (Å²) in [6.07, 6.45) is 2.37. The summed E-state index contributed by atoms with van der Waals surface area (Å²) in [5, 5.41) is 11.6. The first-order chi connectivity index (χ1) is 14.1. The number of aryl methyl sites for hydroxylation is 1. The van der Waals surface area contributed by atoms with Gasteiger partial charge < -0.3 is 10.1 Å². The lowest BCUT2D eigenvalue weighted by Gasteiger charge is -2.14. The lowest BCUT2D eigenvalue weighted by atomic mass is 10.1. The molecule has 0 bridgehead atoms. The summed E-state index contributed by atoms with van der Waals surface area (Å²) < 4.78 is 5.15. The number of carbonyl (C=O) groups excluding carboxylic acids is 1. The van der Waals surface area contributed by atoms with Crippen molar-refractivity contribution in [1.82, 2.24) is 20.5 Å². The molecule has 0 aliphatic carbocycles. The van der Waals surface area contributed by atoms with Crippen LogP contribution in [-0.2, 0) is 11.3 Å². The Hall–Kier alpha value is -2.93. The van der Waals surface area contributed by atoms with Gasteiger partial charge in [0.15, 0.2) is 0 Å². The molecule has 1 N–H and O–H groups in total. The fourth-order valence-electron chi connectivity index (χ4n) is 2.67. The highest BCUT2D eigenvalue weighted by molar-refractivity contribution is 8.00. The van der Waals surface area contributed by atoms with Crippen molar-refractivity contribution in [2.45, 2.75) is 37.2 Å². The zero-order chi connectivity index (χ0) is 20.6. The normalized spacial score (nSPS) is 11.7. The van der Waals surface area contributed by atoms with Gasteiger partial charge in [0.2, 0.25) is 11.1 Å². The number of aromatic nitrogens is 3. The monoisotopic (exact) mass is 408 g/mol. The summed E-state index contributed by atoms with van der Waals surface area (Å²) in [4.78, 5) is 16.9. The van der Waals surface area contributed by atoms with Crippen LogP contribution in [0.15, 0.2) is 59.9 Å². The molecule has 29 heavy (non-hydrogen) atoms. The van der Waals surface area contributed by atoms with E-state index in [9.17, 15) is 4.79 Å². The Morgan fingerprint density at radius 2 is 1.83 bits per heavy atom. The van der Waals surface area contributed by atoms with Crippen LogP contribution in [0.25, 0.3) is 11.3 Å². The van der Waals surface area contributed by atoms with E-state index in [0.29, 0.717) is 23.8 Å². The first-order valence-electron chi connectivity index (χ1n) is 9.43. The minimum Gasteiger partial charge on any atom is -0.497 e. The number of hydrogen-bond donors (Lipinski definition) is 1. The number of rotatable bonds is 8. The molecule has 2 aromatic carbocycles. The number of benzene rings is 2. The zero-order valence-electron chi connectivity index (χ0n) is 16.8. The van der Waals surface area contributed by atoms with E-state index in [-0.39, 0.29) is 11.2 Å². The fraction of sp³-hybridized carbons (Fsp3) is 0.273. The largest absolute Gasteiger partial charge is 0.497 e. The molecule has 0 saturated heterocycles. The molecule has 0 saturated carbocycles. The van der Waals surface area contributed by atoms with Crippen molar-refractivity contribution in [1.29, 1.82) is 0 Å². The van der Waals surface area contributed by atoms with Crippen molar-refractivity contribution in [3.05, 3.63) is 65.9 Å². The van der Waals surface area contributed by atoms with E-state index in [1.807, 2.05) is 62.4 Å². The molecule has 0 fully saturated rings. The van der Waals surface area contributed by atoms with E-state index >= 15 is 0 Å². The Labute approximate surface area is 175 Å². The maximum atomic E-state index is 12.6. The number of methoxy groups -OCH3 is 1. The lowest BCUT2D eigenvalue weighted by molar-refractivity contribution is -0.120. The highest BCUT2D eigenvalue weighted by atomic mass is 32.2. The van der Waals surface area contributed by atoms with Crippen molar-refractivity contribution in [3.63, 3.8) is 0 Å². The second kappa shape index (κ2) is 10.0. The molecule has 0 radical (unpaired) electrons. The van der Waals surface area contributed by atoms with Crippen LogP contribution in [0, 0.1) is 6.92 Å². The number of nitrogens with zero attached hydrogens (tertiary/aromatic N) is 3. The number of nitrogens with one attached hydrogen (secondary N) is 1. The van der Waals surface area contributed by atoms with Crippen LogP contribution in [-0.4, -0.2) is 33.4 Å². The van der Waals surface area contributed by atoms with Gasteiger partial charge in [0.1, 0.15) is 11.4 Å². The SMILES string of the molecule is CCC(Sc1ncc(-c2ccc(C)cc2)nn1)C(=O)NCc1ccc(OC)cc1. The van der Waals surface area contributed by atoms with Gasteiger partial charge in [-0.1, -0.05) is 60.6 Å². The van der Waals surface area contributed by atoms with Gasteiger partial charge in [-0.3, -0.25) is 4.79 Å². The third-order valence-corrected chi connectivity index (χ3v) is 5.65. The quantitative estimate of drug-likeness (QED) is 0.567. The van der Waals surface area contributed by atoms with E-state index in [1.54, 1.807) is 13.3 Å².